The van der Waals surface area contributed by atoms with E-state index in [-0.39, 0.29) is 6.04 Å². The lowest BCUT2D eigenvalue weighted by molar-refractivity contribution is 0.339. The Balaban J connectivity index is 2.28. The standard InChI is InChI=1S/C12H22N2O/c1-10(7-8-14(3)4)13-11(2)12-6-5-9-15-12/h5-6,9-11,13H,7-8H2,1-4H3. The van der Waals surface area contributed by atoms with E-state index < -0.39 is 0 Å². The van der Waals surface area contributed by atoms with Gasteiger partial charge in [0.25, 0.3) is 0 Å². The van der Waals surface area contributed by atoms with E-state index in [4.69, 9.17) is 4.42 Å². The van der Waals surface area contributed by atoms with Gasteiger partial charge in [-0.25, -0.2) is 0 Å². The van der Waals surface area contributed by atoms with Crippen LogP contribution < -0.4 is 5.32 Å². The highest BCUT2D eigenvalue weighted by atomic mass is 16.3. The maximum absolute atomic E-state index is 5.35. The lowest BCUT2D eigenvalue weighted by Gasteiger charge is -2.20. The van der Waals surface area contributed by atoms with Crippen LogP contribution in [0.3, 0.4) is 0 Å². The third-order valence-electron chi connectivity index (χ3n) is 2.51. The van der Waals surface area contributed by atoms with E-state index in [2.05, 4.69) is 38.2 Å². The highest BCUT2D eigenvalue weighted by Gasteiger charge is 2.11. The Hall–Kier alpha value is -0.800. The van der Waals surface area contributed by atoms with Crippen molar-refractivity contribution in [2.75, 3.05) is 20.6 Å². The van der Waals surface area contributed by atoms with Gasteiger partial charge in [0, 0.05) is 6.04 Å². The molecule has 1 aromatic heterocycles. The van der Waals surface area contributed by atoms with Crippen LogP contribution in [0.1, 0.15) is 32.1 Å². The second-order valence-electron chi connectivity index (χ2n) is 4.40. The fraction of sp³-hybridized carbons (Fsp3) is 0.667. The van der Waals surface area contributed by atoms with E-state index in [1.807, 2.05) is 12.1 Å². The van der Waals surface area contributed by atoms with E-state index in [0.717, 1.165) is 18.7 Å². The maximum atomic E-state index is 5.35. The van der Waals surface area contributed by atoms with Crippen LogP contribution in [0.25, 0.3) is 0 Å². The quantitative estimate of drug-likeness (QED) is 0.780. The Labute approximate surface area is 92.5 Å². The molecule has 0 fully saturated rings. The Morgan fingerprint density at radius 3 is 2.67 bits per heavy atom. The summed E-state index contributed by atoms with van der Waals surface area (Å²) in [4.78, 5) is 2.20. The molecule has 0 spiro atoms. The summed E-state index contributed by atoms with van der Waals surface area (Å²) < 4.78 is 5.35. The van der Waals surface area contributed by atoms with Gasteiger partial charge in [-0.15, -0.1) is 0 Å². The molecule has 0 aromatic carbocycles. The molecule has 0 saturated heterocycles. The van der Waals surface area contributed by atoms with Crippen molar-refractivity contribution in [1.29, 1.82) is 0 Å². The molecule has 0 aliphatic carbocycles. The molecule has 3 nitrogen and oxygen atoms in total. The molecular weight excluding hydrogens is 188 g/mol. The summed E-state index contributed by atoms with van der Waals surface area (Å²) in [6.45, 7) is 5.45. The minimum atomic E-state index is 0.289. The molecule has 1 N–H and O–H groups in total. The van der Waals surface area contributed by atoms with Crippen molar-refractivity contribution in [2.45, 2.75) is 32.4 Å². The second-order valence-corrected chi connectivity index (χ2v) is 4.40. The predicted octanol–water partition coefficient (Wildman–Crippen LogP) is 2.27. The molecule has 0 amide bonds. The summed E-state index contributed by atoms with van der Waals surface area (Å²) in [6, 6.07) is 4.73. The topological polar surface area (TPSA) is 28.4 Å². The molecule has 2 atom stereocenters. The van der Waals surface area contributed by atoms with Gasteiger partial charge in [0.15, 0.2) is 0 Å². The van der Waals surface area contributed by atoms with Crippen LogP contribution in [0, 0.1) is 0 Å². The first kappa shape index (κ1) is 12.3. The lowest BCUT2D eigenvalue weighted by Crippen LogP contribution is -2.31. The van der Waals surface area contributed by atoms with Gasteiger partial charge in [-0.05, 0) is 53.0 Å². The average molecular weight is 210 g/mol. The van der Waals surface area contributed by atoms with Crippen LogP contribution >= 0.6 is 0 Å². The SMILES string of the molecule is CC(CCN(C)C)NC(C)c1ccco1. The maximum Gasteiger partial charge on any atom is 0.120 e. The molecule has 0 bridgehead atoms. The zero-order valence-corrected chi connectivity index (χ0v) is 10.2. The smallest absolute Gasteiger partial charge is 0.120 e. The number of nitrogens with one attached hydrogen (secondary N) is 1. The first-order valence-electron chi connectivity index (χ1n) is 5.53. The molecule has 0 radical (unpaired) electrons. The third-order valence-corrected chi connectivity index (χ3v) is 2.51. The van der Waals surface area contributed by atoms with Gasteiger partial charge in [-0.1, -0.05) is 0 Å². The summed E-state index contributed by atoms with van der Waals surface area (Å²) in [6.07, 6.45) is 2.87. The van der Waals surface area contributed by atoms with Gasteiger partial charge in [-0.2, -0.15) is 0 Å². The molecule has 2 unspecified atom stereocenters. The zero-order chi connectivity index (χ0) is 11.3. The van der Waals surface area contributed by atoms with Crippen LogP contribution in [0.5, 0.6) is 0 Å². The molecule has 0 aliphatic rings. The van der Waals surface area contributed by atoms with Crippen LogP contribution in [-0.2, 0) is 0 Å². The van der Waals surface area contributed by atoms with E-state index in [1.165, 1.54) is 0 Å². The van der Waals surface area contributed by atoms with E-state index in [9.17, 15) is 0 Å². The minimum Gasteiger partial charge on any atom is -0.468 e. The molecule has 1 rings (SSSR count). The molecule has 3 heteroatoms. The molecular formula is C12H22N2O. The molecule has 1 aromatic rings. The van der Waals surface area contributed by atoms with Gasteiger partial charge in [0.2, 0.25) is 0 Å². The van der Waals surface area contributed by atoms with Gasteiger partial charge in [0.1, 0.15) is 5.76 Å². The zero-order valence-electron chi connectivity index (χ0n) is 10.2. The van der Waals surface area contributed by atoms with Crippen molar-refractivity contribution in [3.8, 4) is 0 Å². The fourth-order valence-corrected chi connectivity index (χ4v) is 1.58. The number of furan rings is 1. The summed E-state index contributed by atoms with van der Waals surface area (Å²) in [5, 5.41) is 3.52. The van der Waals surface area contributed by atoms with E-state index in [1.54, 1.807) is 6.26 Å². The number of hydrogen-bond donors (Lipinski definition) is 1. The average Bonchev–Trinajstić information content (AvgIpc) is 2.67. The van der Waals surface area contributed by atoms with Crippen LogP contribution in [0.4, 0.5) is 0 Å². The Bertz CT molecular complexity index is 257. The minimum absolute atomic E-state index is 0.289. The van der Waals surface area contributed by atoms with Gasteiger partial charge >= 0.3 is 0 Å². The molecule has 15 heavy (non-hydrogen) atoms. The Kier molecular flexibility index (Phi) is 4.85. The summed E-state index contributed by atoms with van der Waals surface area (Å²) in [5.41, 5.74) is 0. The number of rotatable bonds is 6. The van der Waals surface area contributed by atoms with Crippen molar-refractivity contribution in [1.82, 2.24) is 10.2 Å². The summed E-state index contributed by atoms with van der Waals surface area (Å²) >= 11 is 0. The van der Waals surface area contributed by atoms with Crippen LogP contribution in [-0.4, -0.2) is 31.6 Å². The summed E-state index contributed by atoms with van der Waals surface area (Å²) in [5.74, 6) is 1.01. The number of nitrogens with zero attached hydrogens (tertiary/aromatic N) is 1. The molecule has 86 valence electrons. The lowest BCUT2D eigenvalue weighted by atomic mass is 10.2. The van der Waals surface area contributed by atoms with Gasteiger partial charge < -0.3 is 14.6 Å². The van der Waals surface area contributed by atoms with Crippen LogP contribution in [0.15, 0.2) is 22.8 Å². The summed E-state index contributed by atoms with van der Waals surface area (Å²) in [7, 11) is 4.20. The Morgan fingerprint density at radius 1 is 1.40 bits per heavy atom. The molecule has 0 aliphatic heterocycles. The second kappa shape index (κ2) is 5.93. The van der Waals surface area contributed by atoms with E-state index in [0.29, 0.717) is 6.04 Å². The monoisotopic (exact) mass is 210 g/mol. The van der Waals surface area contributed by atoms with Crippen molar-refractivity contribution in [3.05, 3.63) is 24.2 Å². The largest absolute Gasteiger partial charge is 0.468 e. The molecule has 0 saturated carbocycles. The first-order valence-corrected chi connectivity index (χ1v) is 5.53. The highest BCUT2D eigenvalue weighted by molar-refractivity contribution is 5.03. The fourth-order valence-electron chi connectivity index (χ4n) is 1.58. The van der Waals surface area contributed by atoms with E-state index >= 15 is 0 Å². The predicted molar refractivity (Wildman–Crippen MR) is 62.9 cm³/mol. The first-order chi connectivity index (χ1) is 7.09. The van der Waals surface area contributed by atoms with Crippen molar-refractivity contribution in [3.63, 3.8) is 0 Å². The Morgan fingerprint density at radius 2 is 2.13 bits per heavy atom. The van der Waals surface area contributed by atoms with Crippen molar-refractivity contribution >= 4 is 0 Å². The van der Waals surface area contributed by atoms with Gasteiger partial charge in [-0.3, -0.25) is 0 Å². The van der Waals surface area contributed by atoms with Crippen LogP contribution in [0.2, 0.25) is 0 Å². The highest BCUT2D eigenvalue weighted by Crippen LogP contribution is 2.13. The van der Waals surface area contributed by atoms with Crippen molar-refractivity contribution < 1.29 is 4.42 Å². The molecule has 1 heterocycles. The van der Waals surface area contributed by atoms with Gasteiger partial charge in [0.05, 0.1) is 12.3 Å². The normalized spacial score (nSPS) is 15.5. The third kappa shape index (κ3) is 4.49. The van der Waals surface area contributed by atoms with Crippen molar-refractivity contribution in [2.24, 2.45) is 0 Å². The number of hydrogen-bond acceptors (Lipinski definition) is 3.